The maximum Gasteiger partial charge on any atom is 0.180 e. The van der Waals surface area contributed by atoms with Crippen molar-refractivity contribution >= 4 is 16.5 Å². The Bertz CT molecular complexity index is 516. The number of hydrogen-bond acceptors (Lipinski definition) is 5. The van der Waals surface area contributed by atoms with Gasteiger partial charge in [-0.15, -0.1) is 0 Å². The van der Waals surface area contributed by atoms with E-state index in [0.29, 0.717) is 11.0 Å². The first-order chi connectivity index (χ1) is 8.63. The molecule has 0 spiro atoms. The summed E-state index contributed by atoms with van der Waals surface area (Å²) in [6.07, 6.45) is 3.83. The molecule has 2 heterocycles. The molecule has 0 saturated carbocycles. The highest BCUT2D eigenvalue weighted by Crippen LogP contribution is 2.26. The summed E-state index contributed by atoms with van der Waals surface area (Å²) in [5.74, 6) is 2.40. The number of anilines is 1. The molecule has 2 aromatic heterocycles. The van der Waals surface area contributed by atoms with E-state index < -0.39 is 0 Å². The number of nitrogen functional groups attached to an aromatic ring is 1. The molecule has 0 saturated heterocycles. The van der Waals surface area contributed by atoms with Crippen molar-refractivity contribution in [2.24, 2.45) is 5.92 Å². The van der Waals surface area contributed by atoms with E-state index in [4.69, 9.17) is 5.73 Å². The molecule has 2 rings (SSSR count). The Morgan fingerprint density at radius 3 is 2.78 bits per heavy atom. The summed E-state index contributed by atoms with van der Waals surface area (Å²) >= 11 is 1.45. The molecule has 0 radical (unpaired) electrons. The van der Waals surface area contributed by atoms with Crippen LogP contribution in [0.25, 0.3) is 10.7 Å². The predicted octanol–water partition coefficient (Wildman–Crippen LogP) is 2.59. The van der Waals surface area contributed by atoms with Crippen LogP contribution in [0, 0.1) is 5.92 Å². The van der Waals surface area contributed by atoms with Crippen molar-refractivity contribution in [2.45, 2.75) is 40.2 Å². The molecular weight excluding hydrogens is 246 g/mol. The van der Waals surface area contributed by atoms with E-state index >= 15 is 0 Å². The van der Waals surface area contributed by atoms with Crippen molar-refractivity contribution in [3.05, 3.63) is 12.0 Å². The fourth-order valence-electron chi connectivity index (χ4n) is 1.73. The van der Waals surface area contributed by atoms with Crippen LogP contribution in [0.4, 0.5) is 5.13 Å². The normalized spacial score (nSPS) is 12.8. The SMILES string of the molecule is CCC(C)Cc1nc(-c2cnc(N)s2)n(CC)n1. The van der Waals surface area contributed by atoms with Crippen LogP contribution in [0.5, 0.6) is 0 Å². The predicted molar refractivity (Wildman–Crippen MR) is 74.4 cm³/mol. The molecule has 0 aromatic carbocycles. The maximum atomic E-state index is 5.67. The number of aryl methyl sites for hydroxylation is 1. The third-order valence-corrected chi connectivity index (χ3v) is 3.81. The van der Waals surface area contributed by atoms with Crippen molar-refractivity contribution in [3.63, 3.8) is 0 Å². The van der Waals surface area contributed by atoms with Crippen LogP contribution in [0.2, 0.25) is 0 Å². The van der Waals surface area contributed by atoms with Gasteiger partial charge in [0.15, 0.2) is 16.8 Å². The van der Waals surface area contributed by atoms with Crippen molar-refractivity contribution < 1.29 is 0 Å². The van der Waals surface area contributed by atoms with Gasteiger partial charge in [-0.25, -0.2) is 14.6 Å². The lowest BCUT2D eigenvalue weighted by Gasteiger charge is -2.02. The average Bonchev–Trinajstić information content (AvgIpc) is 2.95. The minimum atomic E-state index is 0.569. The molecule has 5 nitrogen and oxygen atoms in total. The summed E-state index contributed by atoms with van der Waals surface area (Å²) in [4.78, 5) is 9.67. The van der Waals surface area contributed by atoms with Crippen LogP contribution in [-0.2, 0) is 13.0 Å². The van der Waals surface area contributed by atoms with Gasteiger partial charge < -0.3 is 5.73 Å². The molecule has 0 amide bonds. The zero-order valence-corrected chi connectivity index (χ0v) is 11.9. The summed E-state index contributed by atoms with van der Waals surface area (Å²) in [6.45, 7) is 7.28. The Labute approximate surface area is 111 Å². The molecule has 0 aliphatic rings. The van der Waals surface area contributed by atoms with Gasteiger partial charge >= 0.3 is 0 Å². The molecule has 6 heteroatoms. The monoisotopic (exact) mass is 265 g/mol. The van der Waals surface area contributed by atoms with Crippen LogP contribution >= 0.6 is 11.3 Å². The minimum absolute atomic E-state index is 0.569. The van der Waals surface area contributed by atoms with Crippen LogP contribution in [0.3, 0.4) is 0 Å². The Hall–Kier alpha value is -1.43. The Morgan fingerprint density at radius 1 is 1.44 bits per heavy atom. The summed E-state index contributed by atoms with van der Waals surface area (Å²) in [6, 6.07) is 0. The minimum Gasteiger partial charge on any atom is -0.375 e. The highest BCUT2D eigenvalue weighted by Gasteiger charge is 2.14. The smallest absolute Gasteiger partial charge is 0.180 e. The van der Waals surface area contributed by atoms with Crippen molar-refractivity contribution in [2.75, 3.05) is 5.73 Å². The third kappa shape index (κ3) is 2.69. The van der Waals surface area contributed by atoms with Gasteiger partial charge in [0.05, 0.1) is 11.1 Å². The van der Waals surface area contributed by atoms with E-state index in [9.17, 15) is 0 Å². The molecule has 2 N–H and O–H groups in total. The van der Waals surface area contributed by atoms with E-state index in [1.165, 1.54) is 11.3 Å². The van der Waals surface area contributed by atoms with Gasteiger partial charge in [-0.05, 0) is 12.8 Å². The van der Waals surface area contributed by atoms with Gasteiger partial charge in [-0.2, -0.15) is 5.10 Å². The quantitative estimate of drug-likeness (QED) is 0.902. The van der Waals surface area contributed by atoms with Crippen LogP contribution < -0.4 is 5.73 Å². The lowest BCUT2D eigenvalue weighted by Crippen LogP contribution is -2.02. The Balaban J connectivity index is 2.29. The van der Waals surface area contributed by atoms with E-state index in [2.05, 4.69) is 35.8 Å². The molecule has 98 valence electrons. The Kier molecular flexibility index (Phi) is 3.96. The molecule has 0 bridgehead atoms. The standard InChI is InChI=1S/C12H19N5S/c1-4-8(3)6-10-15-11(17(5-2)16-10)9-7-14-12(13)18-9/h7-8H,4-6H2,1-3H3,(H2,13,14). The van der Waals surface area contributed by atoms with Crippen LogP contribution in [0.15, 0.2) is 6.20 Å². The molecule has 1 atom stereocenters. The second kappa shape index (κ2) is 5.48. The number of nitrogens with zero attached hydrogens (tertiary/aromatic N) is 4. The van der Waals surface area contributed by atoms with Crippen molar-refractivity contribution in [1.29, 1.82) is 0 Å². The summed E-state index contributed by atoms with van der Waals surface area (Å²) in [7, 11) is 0. The van der Waals surface area contributed by atoms with Gasteiger partial charge in [-0.1, -0.05) is 31.6 Å². The summed E-state index contributed by atoms with van der Waals surface area (Å²) < 4.78 is 1.92. The van der Waals surface area contributed by atoms with Gasteiger partial charge in [0.1, 0.15) is 0 Å². The second-order valence-electron chi connectivity index (χ2n) is 4.45. The Morgan fingerprint density at radius 2 is 2.22 bits per heavy atom. The number of hydrogen-bond donors (Lipinski definition) is 1. The molecule has 1 unspecified atom stereocenters. The first kappa shape index (κ1) is 13.0. The summed E-state index contributed by atoms with van der Waals surface area (Å²) in [5.41, 5.74) is 5.67. The molecule has 0 fully saturated rings. The van der Waals surface area contributed by atoms with Gasteiger partial charge in [0, 0.05) is 13.0 Å². The van der Waals surface area contributed by atoms with E-state index in [-0.39, 0.29) is 0 Å². The lowest BCUT2D eigenvalue weighted by atomic mass is 10.1. The van der Waals surface area contributed by atoms with Gasteiger partial charge in [0.25, 0.3) is 0 Å². The molecule has 0 aliphatic heterocycles. The number of nitrogens with two attached hydrogens (primary N) is 1. The maximum absolute atomic E-state index is 5.67. The number of rotatable bonds is 5. The topological polar surface area (TPSA) is 69.6 Å². The molecule has 2 aromatic rings. The van der Waals surface area contributed by atoms with Gasteiger partial charge in [0.2, 0.25) is 0 Å². The zero-order chi connectivity index (χ0) is 13.1. The first-order valence-electron chi connectivity index (χ1n) is 6.29. The zero-order valence-electron chi connectivity index (χ0n) is 11.1. The fourth-order valence-corrected chi connectivity index (χ4v) is 2.40. The molecule has 0 aliphatic carbocycles. The highest BCUT2D eigenvalue weighted by molar-refractivity contribution is 7.18. The van der Waals surface area contributed by atoms with Crippen molar-refractivity contribution in [3.8, 4) is 10.7 Å². The molecular formula is C12H19N5S. The fraction of sp³-hybridized carbons (Fsp3) is 0.583. The number of thiazole rings is 1. The highest BCUT2D eigenvalue weighted by atomic mass is 32.1. The van der Waals surface area contributed by atoms with Crippen molar-refractivity contribution in [1.82, 2.24) is 19.7 Å². The van der Waals surface area contributed by atoms with E-state index in [1.807, 2.05) is 4.68 Å². The summed E-state index contributed by atoms with van der Waals surface area (Å²) in [5, 5.41) is 5.11. The largest absolute Gasteiger partial charge is 0.375 e. The van der Waals surface area contributed by atoms with E-state index in [1.54, 1.807) is 6.20 Å². The third-order valence-electron chi connectivity index (χ3n) is 2.99. The van der Waals surface area contributed by atoms with Crippen LogP contribution in [-0.4, -0.2) is 19.7 Å². The molecule has 18 heavy (non-hydrogen) atoms. The van der Waals surface area contributed by atoms with Gasteiger partial charge in [-0.3, -0.25) is 0 Å². The lowest BCUT2D eigenvalue weighted by molar-refractivity contribution is 0.536. The average molecular weight is 265 g/mol. The van der Waals surface area contributed by atoms with E-state index in [0.717, 1.165) is 35.9 Å². The van der Waals surface area contributed by atoms with Crippen LogP contribution in [0.1, 0.15) is 33.0 Å². The second-order valence-corrected chi connectivity index (χ2v) is 5.51. The first-order valence-corrected chi connectivity index (χ1v) is 7.11. The number of aromatic nitrogens is 4.